The van der Waals surface area contributed by atoms with Crippen LogP contribution in [-0.2, 0) is 4.79 Å². The summed E-state index contributed by atoms with van der Waals surface area (Å²) in [4.78, 5) is 12.8. The third-order valence-electron chi connectivity index (χ3n) is 5.74. The molecule has 0 aromatic carbocycles. The van der Waals surface area contributed by atoms with E-state index in [2.05, 4.69) is 18.3 Å². The summed E-state index contributed by atoms with van der Waals surface area (Å²) in [5.74, 6) is 0.232. The van der Waals surface area contributed by atoms with E-state index in [1.54, 1.807) is 0 Å². The Morgan fingerprint density at radius 3 is 2.48 bits per heavy atom. The van der Waals surface area contributed by atoms with Crippen LogP contribution in [0.3, 0.4) is 0 Å². The number of hydrogen-bond acceptors (Lipinski definition) is 1. The van der Waals surface area contributed by atoms with Gasteiger partial charge in [0.2, 0.25) is 5.91 Å². The van der Waals surface area contributed by atoms with Crippen LogP contribution in [0.4, 0.5) is 0 Å². The lowest BCUT2D eigenvalue weighted by Crippen LogP contribution is -2.27. The van der Waals surface area contributed by atoms with Gasteiger partial charge < -0.3 is 5.32 Å². The van der Waals surface area contributed by atoms with Crippen LogP contribution in [0.5, 0.6) is 0 Å². The lowest BCUT2D eigenvalue weighted by atomic mass is 9.92. The van der Waals surface area contributed by atoms with Crippen molar-refractivity contribution >= 4 is 5.91 Å². The maximum Gasteiger partial charge on any atom is 0.247 e. The minimum Gasteiger partial charge on any atom is -0.352 e. The molecule has 0 saturated carbocycles. The summed E-state index contributed by atoms with van der Waals surface area (Å²) in [5.41, 5.74) is 4.04. The minimum atomic E-state index is 0.232. The van der Waals surface area contributed by atoms with Gasteiger partial charge in [0.05, 0.1) is 0 Å². The van der Waals surface area contributed by atoms with Crippen LogP contribution in [0.25, 0.3) is 0 Å². The van der Waals surface area contributed by atoms with Crippen molar-refractivity contribution in [3.8, 4) is 0 Å². The monoisotopic (exact) mass is 345 g/mol. The Morgan fingerprint density at radius 2 is 1.60 bits per heavy atom. The van der Waals surface area contributed by atoms with Gasteiger partial charge in [-0.3, -0.25) is 4.79 Å². The van der Waals surface area contributed by atoms with Gasteiger partial charge in [0, 0.05) is 12.1 Å². The van der Waals surface area contributed by atoms with Crippen molar-refractivity contribution in [3.05, 3.63) is 22.8 Å². The van der Waals surface area contributed by atoms with E-state index >= 15 is 0 Å². The summed E-state index contributed by atoms with van der Waals surface area (Å²) in [5, 5.41) is 3.23. The van der Waals surface area contributed by atoms with Crippen LogP contribution < -0.4 is 5.32 Å². The largest absolute Gasteiger partial charge is 0.352 e. The second-order valence-corrected chi connectivity index (χ2v) is 7.87. The lowest BCUT2D eigenvalue weighted by molar-refractivity contribution is -0.117. The first-order valence-corrected chi connectivity index (χ1v) is 11.0. The fraction of sp³-hybridized carbons (Fsp3) is 0.783. The molecule has 0 heterocycles. The predicted molar refractivity (Wildman–Crippen MR) is 108 cm³/mol. The molecule has 142 valence electrons. The minimum absolute atomic E-state index is 0.232. The molecule has 0 aromatic heterocycles. The third kappa shape index (κ3) is 7.38. The van der Waals surface area contributed by atoms with E-state index in [-0.39, 0.29) is 5.91 Å². The molecular weight excluding hydrogens is 306 g/mol. The molecule has 0 spiro atoms. The number of hydrogen-bond donors (Lipinski definition) is 1. The summed E-state index contributed by atoms with van der Waals surface area (Å²) in [6, 6.07) is 0. The summed E-state index contributed by atoms with van der Waals surface area (Å²) in [6.07, 6.45) is 22.2. The Morgan fingerprint density at radius 1 is 0.880 bits per heavy atom. The van der Waals surface area contributed by atoms with Crippen LogP contribution in [0.2, 0.25) is 0 Å². The Kier molecular flexibility index (Phi) is 9.99. The van der Waals surface area contributed by atoms with E-state index in [1.165, 1.54) is 94.6 Å². The normalized spacial score (nSPS) is 19.2. The molecule has 2 rings (SSSR count). The molecule has 0 saturated heterocycles. The van der Waals surface area contributed by atoms with Gasteiger partial charge in [0.15, 0.2) is 0 Å². The zero-order valence-corrected chi connectivity index (χ0v) is 16.5. The zero-order chi connectivity index (χ0) is 17.7. The van der Waals surface area contributed by atoms with Crippen molar-refractivity contribution in [1.82, 2.24) is 5.32 Å². The van der Waals surface area contributed by atoms with Crippen molar-refractivity contribution in [3.63, 3.8) is 0 Å². The van der Waals surface area contributed by atoms with Gasteiger partial charge in [0.1, 0.15) is 0 Å². The Labute approximate surface area is 155 Å². The maximum atomic E-state index is 12.8. The van der Waals surface area contributed by atoms with Gasteiger partial charge in [-0.25, -0.2) is 0 Å². The first-order valence-electron chi connectivity index (χ1n) is 11.0. The van der Waals surface area contributed by atoms with Gasteiger partial charge in [0.25, 0.3) is 0 Å². The molecule has 0 atom stereocenters. The highest BCUT2D eigenvalue weighted by Gasteiger charge is 2.20. The molecule has 2 aliphatic carbocycles. The number of carbonyl (C=O) groups excluding carboxylic acids is 1. The van der Waals surface area contributed by atoms with Crippen molar-refractivity contribution in [2.75, 3.05) is 6.54 Å². The van der Waals surface area contributed by atoms with E-state index in [0.717, 1.165) is 31.4 Å². The number of nitrogens with one attached hydrogen (secondary N) is 1. The van der Waals surface area contributed by atoms with E-state index < -0.39 is 0 Å². The van der Waals surface area contributed by atoms with Crippen molar-refractivity contribution in [1.29, 1.82) is 0 Å². The number of rotatable bonds is 9. The van der Waals surface area contributed by atoms with Crippen LogP contribution in [-0.4, -0.2) is 12.5 Å². The van der Waals surface area contributed by atoms with E-state index in [9.17, 15) is 4.79 Å². The second-order valence-electron chi connectivity index (χ2n) is 7.87. The number of carbonyl (C=O) groups is 1. The van der Waals surface area contributed by atoms with Crippen molar-refractivity contribution < 1.29 is 4.79 Å². The molecule has 0 fully saturated rings. The molecule has 1 amide bonds. The molecule has 2 nitrogen and oxygen atoms in total. The Balaban J connectivity index is 1.89. The molecule has 0 bridgehead atoms. The lowest BCUT2D eigenvalue weighted by Gasteiger charge is -2.16. The quantitative estimate of drug-likeness (QED) is 0.468. The molecule has 0 radical (unpaired) electrons. The van der Waals surface area contributed by atoms with Gasteiger partial charge in [-0.05, 0) is 68.9 Å². The first-order chi connectivity index (χ1) is 12.3. The van der Waals surface area contributed by atoms with Crippen molar-refractivity contribution in [2.24, 2.45) is 0 Å². The smallest absolute Gasteiger partial charge is 0.247 e. The first kappa shape index (κ1) is 20.3. The molecule has 1 N–H and O–H groups in total. The van der Waals surface area contributed by atoms with Crippen LogP contribution in [0.1, 0.15) is 110 Å². The van der Waals surface area contributed by atoms with E-state index in [1.807, 2.05) is 0 Å². The predicted octanol–water partition coefficient (Wildman–Crippen LogP) is 6.61. The molecule has 2 heteroatoms. The van der Waals surface area contributed by atoms with Gasteiger partial charge in [-0.15, -0.1) is 0 Å². The van der Waals surface area contributed by atoms with Gasteiger partial charge in [-0.1, -0.05) is 57.9 Å². The van der Waals surface area contributed by atoms with Gasteiger partial charge >= 0.3 is 0 Å². The van der Waals surface area contributed by atoms with Crippen molar-refractivity contribution in [2.45, 2.75) is 110 Å². The molecule has 25 heavy (non-hydrogen) atoms. The summed E-state index contributed by atoms with van der Waals surface area (Å²) < 4.78 is 0. The highest BCUT2D eigenvalue weighted by molar-refractivity contribution is 5.95. The second kappa shape index (κ2) is 12.3. The zero-order valence-electron chi connectivity index (χ0n) is 16.5. The molecule has 0 aromatic rings. The van der Waals surface area contributed by atoms with Crippen LogP contribution in [0, 0.1) is 0 Å². The number of amides is 1. The summed E-state index contributed by atoms with van der Waals surface area (Å²) >= 11 is 0. The Bertz CT molecular complexity index is 461. The van der Waals surface area contributed by atoms with E-state index in [4.69, 9.17) is 0 Å². The summed E-state index contributed by atoms with van der Waals surface area (Å²) in [7, 11) is 0. The maximum absolute atomic E-state index is 12.8. The average Bonchev–Trinajstić information content (AvgIpc) is 3.03. The topological polar surface area (TPSA) is 29.1 Å². The third-order valence-corrected chi connectivity index (χ3v) is 5.74. The highest BCUT2D eigenvalue weighted by atomic mass is 16.1. The fourth-order valence-electron chi connectivity index (χ4n) is 4.19. The fourth-order valence-corrected chi connectivity index (χ4v) is 4.19. The molecule has 0 aliphatic heterocycles. The highest BCUT2D eigenvalue weighted by Crippen LogP contribution is 2.33. The molecule has 0 unspecified atom stereocenters. The van der Waals surface area contributed by atoms with Crippen LogP contribution >= 0.6 is 0 Å². The SMILES string of the molecule is CCCCCCCCNC(=O)C1=C(C2=CCCCCC2)CCCCC1. The standard InChI is InChI=1S/C23H39NO/c1-2-3-4-5-8-14-19-24-23(25)22-18-13-9-12-17-21(22)20-15-10-6-7-11-16-20/h15H,2-14,16-19H2,1H3,(H,24,25). The Hall–Kier alpha value is -1.05. The number of allylic oxidation sites excluding steroid dienone is 3. The summed E-state index contributed by atoms with van der Waals surface area (Å²) in [6.45, 7) is 3.10. The van der Waals surface area contributed by atoms with Gasteiger partial charge in [-0.2, -0.15) is 0 Å². The molecule has 2 aliphatic rings. The molecular formula is C23H39NO. The average molecular weight is 346 g/mol. The number of unbranched alkanes of at least 4 members (excludes halogenated alkanes) is 5. The van der Waals surface area contributed by atoms with E-state index in [0.29, 0.717) is 0 Å². The van der Waals surface area contributed by atoms with Crippen LogP contribution in [0.15, 0.2) is 22.8 Å².